The van der Waals surface area contributed by atoms with Gasteiger partial charge in [-0.2, -0.15) is 0 Å². The van der Waals surface area contributed by atoms with Crippen LogP contribution in [0.1, 0.15) is 63.9 Å². The van der Waals surface area contributed by atoms with E-state index in [0.29, 0.717) is 41.8 Å². The molecule has 6 rings (SSSR count). The number of aliphatic hydroxyl groups is 1. The van der Waals surface area contributed by atoms with Gasteiger partial charge in [0, 0.05) is 17.4 Å². The zero-order valence-corrected chi connectivity index (χ0v) is 20.7. The topological polar surface area (TPSA) is 50.4 Å². The monoisotopic (exact) mass is 466 g/mol. The van der Waals surface area contributed by atoms with Crippen LogP contribution in [-0.2, 0) is 4.79 Å². The Hall–Kier alpha value is -2.83. The molecule has 2 saturated carbocycles. The van der Waals surface area contributed by atoms with Crippen molar-refractivity contribution in [1.82, 2.24) is 0 Å². The number of furan rings is 1. The van der Waals surface area contributed by atoms with Gasteiger partial charge in [-0.1, -0.05) is 48.8 Å². The summed E-state index contributed by atoms with van der Waals surface area (Å²) >= 11 is 0. The van der Waals surface area contributed by atoms with E-state index in [0.717, 1.165) is 43.2 Å². The van der Waals surface area contributed by atoms with Crippen LogP contribution in [0.15, 0.2) is 71.1 Å². The Morgan fingerprint density at radius 3 is 2.63 bits per heavy atom. The van der Waals surface area contributed by atoms with Crippen molar-refractivity contribution in [2.45, 2.75) is 63.9 Å². The van der Waals surface area contributed by atoms with Crippen LogP contribution in [0.5, 0.6) is 0 Å². The molecule has 1 N–H and O–H groups in total. The summed E-state index contributed by atoms with van der Waals surface area (Å²) in [5.41, 5.74) is 3.53. The Labute approximate surface area is 208 Å². The standard InChI is InChI=1S/C32H34O3/c1-3-15-32(34)16-4-5-29-27-12-10-23-18-25(33)11-13-26(23)30(27)28(19-31(29,32)2)22-8-6-21(7-9-22)24-14-17-35-20-24/h4,6-9,14,16-18,20,26-30,34H,5,10-13,19H2,1-2H3/t26-,27-,28+,29-,30+,31-,32?/m0/s1. The van der Waals surface area contributed by atoms with Crippen molar-refractivity contribution in [2.75, 3.05) is 0 Å². The fourth-order valence-electron chi connectivity index (χ4n) is 8.17. The highest BCUT2D eigenvalue weighted by molar-refractivity contribution is 5.91. The third-order valence-corrected chi connectivity index (χ3v) is 9.82. The van der Waals surface area contributed by atoms with Crippen LogP contribution >= 0.6 is 0 Å². The van der Waals surface area contributed by atoms with Gasteiger partial charge >= 0.3 is 0 Å². The number of carbonyl (C=O) groups excluding carboxylic acids is 1. The highest BCUT2D eigenvalue weighted by Gasteiger charge is 2.61. The summed E-state index contributed by atoms with van der Waals surface area (Å²) in [5, 5.41) is 11.9. The van der Waals surface area contributed by atoms with Gasteiger partial charge in [0.1, 0.15) is 5.60 Å². The van der Waals surface area contributed by atoms with Gasteiger partial charge < -0.3 is 9.52 Å². The summed E-state index contributed by atoms with van der Waals surface area (Å²) in [6.07, 6.45) is 15.2. The van der Waals surface area contributed by atoms with Crippen molar-refractivity contribution in [3.05, 3.63) is 72.2 Å². The Balaban J connectivity index is 1.46. The highest BCUT2D eigenvalue weighted by Crippen LogP contribution is 2.65. The summed E-state index contributed by atoms with van der Waals surface area (Å²) < 4.78 is 5.29. The minimum atomic E-state index is -1.11. The van der Waals surface area contributed by atoms with Crippen LogP contribution in [-0.4, -0.2) is 16.5 Å². The van der Waals surface area contributed by atoms with E-state index in [4.69, 9.17) is 4.42 Å². The number of hydrogen-bond donors (Lipinski definition) is 1. The summed E-state index contributed by atoms with van der Waals surface area (Å²) in [6.45, 7) is 4.11. The van der Waals surface area contributed by atoms with Gasteiger partial charge in [0.2, 0.25) is 0 Å². The minimum absolute atomic E-state index is 0.296. The molecule has 3 heteroatoms. The molecule has 1 aromatic heterocycles. The molecule has 2 fully saturated rings. The second kappa shape index (κ2) is 8.38. The lowest BCUT2D eigenvalue weighted by atomic mass is 9.43. The average molecular weight is 467 g/mol. The molecule has 0 aliphatic heterocycles. The average Bonchev–Trinajstić information content (AvgIpc) is 3.39. The SMILES string of the molecule is CC#CC1(O)C=CC[C@H]2[C@@H]3CCC4=CC(=O)CC[C@@H]4[C@H]3[C@@H](c3ccc(-c4ccoc4)cc3)C[C@@]21C. The number of allylic oxidation sites excluding steroid dienone is 3. The number of carbonyl (C=O) groups is 1. The van der Waals surface area contributed by atoms with Crippen LogP contribution in [0.4, 0.5) is 0 Å². The molecular formula is C32H34O3. The number of hydrogen-bond acceptors (Lipinski definition) is 3. The fourth-order valence-corrected chi connectivity index (χ4v) is 8.17. The number of rotatable bonds is 2. The molecule has 35 heavy (non-hydrogen) atoms. The lowest BCUT2D eigenvalue weighted by molar-refractivity contribution is -0.124. The molecule has 7 atom stereocenters. The van der Waals surface area contributed by atoms with E-state index in [1.165, 1.54) is 11.1 Å². The maximum atomic E-state index is 12.3. The van der Waals surface area contributed by atoms with E-state index in [2.05, 4.69) is 49.1 Å². The van der Waals surface area contributed by atoms with Gasteiger partial charge in [-0.15, -0.1) is 5.92 Å². The largest absolute Gasteiger partial charge is 0.472 e. The van der Waals surface area contributed by atoms with Crippen molar-refractivity contribution in [3.63, 3.8) is 0 Å². The molecule has 0 bridgehead atoms. The van der Waals surface area contributed by atoms with Crippen LogP contribution in [0.3, 0.4) is 0 Å². The Bertz CT molecular complexity index is 1240. The van der Waals surface area contributed by atoms with E-state index in [9.17, 15) is 9.90 Å². The van der Waals surface area contributed by atoms with Crippen molar-refractivity contribution < 1.29 is 14.3 Å². The van der Waals surface area contributed by atoms with Crippen molar-refractivity contribution in [3.8, 4) is 23.0 Å². The lowest BCUT2D eigenvalue weighted by Gasteiger charge is -2.62. The van der Waals surface area contributed by atoms with Crippen LogP contribution in [0, 0.1) is 40.9 Å². The lowest BCUT2D eigenvalue weighted by Crippen LogP contribution is -2.59. The Morgan fingerprint density at radius 2 is 1.89 bits per heavy atom. The third-order valence-electron chi connectivity index (χ3n) is 9.82. The van der Waals surface area contributed by atoms with Crippen LogP contribution in [0.25, 0.3) is 11.1 Å². The molecule has 3 nitrogen and oxygen atoms in total. The van der Waals surface area contributed by atoms with Crippen molar-refractivity contribution >= 4 is 5.78 Å². The van der Waals surface area contributed by atoms with Crippen LogP contribution < -0.4 is 0 Å². The first-order valence-electron chi connectivity index (χ1n) is 13.1. The predicted octanol–water partition coefficient (Wildman–Crippen LogP) is 6.70. The molecule has 0 spiro atoms. The van der Waals surface area contributed by atoms with Crippen molar-refractivity contribution in [1.29, 1.82) is 0 Å². The van der Waals surface area contributed by atoms with E-state index in [1.54, 1.807) is 12.5 Å². The van der Waals surface area contributed by atoms with Crippen LogP contribution in [0.2, 0.25) is 0 Å². The quantitative estimate of drug-likeness (QED) is 0.396. The number of fused-ring (bicyclic) bond motifs is 5. The van der Waals surface area contributed by atoms with Crippen molar-refractivity contribution in [2.24, 2.45) is 29.1 Å². The molecule has 2 aromatic rings. The molecule has 0 saturated heterocycles. The zero-order valence-electron chi connectivity index (χ0n) is 20.7. The van der Waals surface area contributed by atoms with Gasteiger partial charge in [0.05, 0.1) is 12.5 Å². The van der Waals surface area contributed by atoms with E-state index < -0.39 is 5.60 Å². The predicted molar refractivity (Wildman–Crippen MR) is 137 cm³/mol. The Kier molecular flexibility index (Phi) is 5.42. The molecule has 0 radical (unpaired) electrons. The first-order valence-corrected chi connectivity index (χ1v) is 13.1. The van der Waals surface area contributed by atoms with E-state index >= 15 is 0 Å². The van der Waals surface area contributed by atoms with E-state index in [1.807, 2.05) is 25.1 Å². The smallest absolute Gasteiger partial charge is 0.155 e. The number of ketones is 1. The maximum absolute atomic E-state index is 12.3. The minimum Gasteiger partial charge on any atom is -0.472 e. The fraction of sp³-hybridized carbons (Fsp3) is 0.469. The van der Waals surface area contributed by atoms with Gasteiger partial charge in [-0.25, -0.2) is 0 Å². The summed E-state index contributed by atoms with van der Waals surface area (Å²) in [6, 6.07) is 11.0. The highest BCUT2D eigenvalue weighted by atomic mass is 16.3. The normalized spacial score (nSPS) is 37.9. The molecule has 1 aromatic carbocycles. The Morgan fingerprint density at radius 1 is 1.06 bits per heavy atom. The summed E-state index contributed by atoms with van der Waals surface area (Å²) in [4.78, 5) is 12.3. The molecule has 4 aliphatic carbocycles. The van der Waals surface area contributed by atoms with Gasteiger partial charge in [0.15, 0.2) is 5.78 Å². The second-order valence-electron chi connectivity index (χ2n) is 11.4. The molecule has 0 amide bonds. The molecule has 180 valence electrons. The first-order chi connectivity index (χ1) is 16.9. The van der Waals surface area contributed by atoms with Gasteiger partial charge in [-0.05, 0) is 98.0 Å². The first kappa shape index (κ1) is 22.6. The molecule has 1 heterocycles. The zero-order chi connectivity index (χ0) is 24.2. The second-order valence-corrected chi connectivity index (χ2v) is 11.4. The maximum Gasteiger partial charge on any atom is 0.155 e. The van der Waals surface area contributed by atoms with Gasteiger partial charge in [0.25, 0.3) is 0 Å². The van der Waals surface area contributed by atoms with E-state index in [-0.39, 0.29) is 5.41 Å². The molecule has 1 unspecified atom stereocenters. The summed E-state index contributed by atoms with van der Waals surface area (Å²) in [7, 11) is 0. The van der Waals surface area contributed by atoms with Gasteiger partial charge in [-0.3, -0.25) is 4.79 Å². The number of benzene rings is 1. The molecular weight excluding hydrogens is 432 g/mol. The summed E-state index contributed by atoms with van der Waals surface area (Å²) in [5.74, 6) is 8.71. The third kappa shape index (κ3) is 3.49. The molecule has 4 aliphatic rings.